The molecule has 0 aromatic carbocycles. The molecule has 0 radical (unpaired) electrons. The first-order valence-corrected chi connectivity index (χ1v) is 4.06. The van der Waals surface area contributed by atoms with Crippen molar-refractivity contribution >= 4 is 22.8 Å². The van der Waals surface area contributed by atoms with Crippen LogP contribution in [0.5, 0.6) is 0 Å². The summed E-state index contributed by atoms with van der Waals surface area (Å²) in [6, 6.07) is -0.452. The molecule has 1 rings (SSSR count). The van der Waals surface area contributed by atoms with Crippen molar-refractivity contribution in [2.24, 2.45) is 0 Å². The van der Waals surface area contributed by atoms with Crippen molar-refractivity contribution in [3.05, 3.63) is 0 Å². The summed E-state index contributed by atoms with van der Waals surface area (Å²) in [5.41, 5.74) is 0. The number of hydrogen-bond acceptors (Lipinski definition) is 2. The normalized spacial score (nSPS) is 25.5. The zero-order valence-corrected chi connectivity index (χ0v) is 6.86. The minimum absolute atomic E-state index is 0.0681. The van der Waals surface area contributed by atoms with Gasteiger partial charge in [0.1, 0.15) is 6.04 Å². The van der Waals surface area contributed by atoms with Crippen molar-refractivity contribution in [2.75, 3.05) is 0 Å². The van der Waals surface area contributed by atoms with Gasteiger partial charge >= 0.3 is 0 Å². The molecule has 1 aliphatic heterocycles. The predicted molar refractivity (Wildman–Crippen MR) is 41.3 cm³/mol. The monoisotopic (exact) mass is 175 g/mol. The smallest absolute Gasteiger partial charge is 0.243 e. The molecule has 0 aliphatic carbocycles. The third-order valence-electron chi connectivity index (χ3n) is 1.76. The van der Waals surface area contributed by atoms with Crippen LogP contribution in [0.4, 0.5) is 0 Å². The van der Waals surface area contributed by atoms with Crippen LogP contribution in [0.15, 0.2) is 0 Å². The van der Waals surface area contributed by atoms with E-state index in [0.29, 0.717) is 12.8 Å². The molecule has 0 bridgehead atoms. The highest BCUT2D eigenvalue weighted by Crippen LogP contribution is 2.10. The maximum absolute atomic E-state index is 10.9. The largest absolute Gasteiger partial charge is 0.345 e. The van der Waals surface area contributed by atoms with Crippen LogP contribution in [0.3, 0.4) is 0 Å². The van der Waals surface area contributed by atoms with E-state index in [4.69, 9.17) is 11.6 Å². The Labute approximate surface area is 70.1 Å². The highest BCUT2D eigenvalue weighted by Gasteiger charge is 2.20. The molecule has 1 aliphatic rings. The molecule has 11 heavy (non-hydrogen) atoms. The van der Waals surface area contributed by atoms with Crippen LogP contribution in [-0.4, -0.2) is 17.2 Å². The van der Waals surface area contributed by atoms with Gasteiger partial charge in [-0.05, 0) is 24.4 Å². The summed E-state index contributed by atoms with van der Waals surface area (Å²) in [7, 11) is 0. The second kappa shape index (κ2) is 3.72. The lowest BCUT2D eigenvalue weighted by molar-refractivity contribution is -0.124. The van der Waals surface area contributed by atoms with E-state index in [1.54, 1.807) is 0 Å². The van der Waals surface area contributed by atoms with E-state index in [0.717, 1.165) is 12.8 Å². The average Bonchev–Trinajstić information content (AvgIpc) is 2.13. The predicted octanol–water partition coefficient (Wildman–Crippen LogP) is 0.811. The lowest BCUT2D eigenvalue weighted by Gasteiger charge is -2.08. The summed E-state index contributed by atoms with van der Waals surface area (Å²) in [5.74, 6) is -0.0681. The van der Waals surface area contributed by atoms with Gasteiger partial charge in [-0.15, -0.1) is 0 Å². The van der Waals surface area contributed by atoms with E-state index in [1.165, 1.54) is 0 Å². The highest BCUT2D eigenvalue weighted by molar-refractivity contribution is 6.64. The van der Waals surface area contributed by atoms with Crippen molar-refractivity contribution in [3.63, 3.8) is 0 Å². The Morgan fingerprint density at radius 2 is 2.27 bits per heavy atom. The first kappa shape index (κ1) is 8.53. The number of carbonyl (C=O) groups is 2. The Balaban J connectivity index is 2.52. The zero-order chi connectivity index (χ0) is 8.27. The number of rotatable bonds is 1. The standard InChI is InChI=1S/C7H10ClNO2/c8-7(11)5-3-1-2-4-6(10)9-5/h5H,1-4H2,(H,9,10). The second-order valence-electron chi connectivity index (χ2n) is 2.67. The number of amides is 1. The van der Waals surface area contributed by atoms with Crippen molar-refractivity contribution in [1.29, 1.82) is 0 Å². The van der Waals surface area contributed by atoms with Gasteiger partial charge < -0.3 is 5.32 Å². The van der Waals surface area contributed by atoms with E-state index in [2.05, 4.69) is 5.32 Å². The molecule has 1 saturated heterocycles. The quantitative estimate of drug-likeness (QED) is 0.600. The lowest BCUT2D eigenvalue weighted by atomic mass is 10.1. The Hall–Kier alpha value is -0.570. The number of hydrogen-bond donors (Lipinski definition) is 1. The molecule has 0 aromatic heterocycles. The first-order valence-electron chi connectivity index (χ1n) is 3.69. The molecular formula is C7H10ClNO2. The Morgan fingerprint density at radius 1 is 1.55 bits per heavy atom. The van der Waals surface area contributed by atoms with E-state index in [9.17, 15) is 9.59 Å². The van der Waals surface area contributed by atoms with Crippen molar-refractivity contribution < 1.29 is 9.59 Å². The summed E-state index contributed by atoms with van der Waals surface area (Å²) in [6.07, 6.45) is 2.93. The molecule has 1 heterocycles. The van der Waals surface area contributed by atoms with Gasteiger partial charge in [0.05, 0.1) is 0 Å². The molecule has 0 aromatic rings. The van der Waals surface area contributed by atoms with Crippen LogP contribution in [0, 0.1) is 0 Å². The molecule has 0 saturated carbocycles. The Kier molecular flexibility index (Phi) is 2.88. The molecule has 3 nitrogen and oxygen atoms in total. The van der Waals surface area contributed by atoms with Crippen LogP contribution >= 0.6 is 11.6 Å². The van der Waals surface area contributed by atoms with Crippen LogP contribution in [-0.2, 0) is 9.59 Å². The molecule has 1 amide bonds. The summed E-state index contributed by atoms with van der Waals surface area (Å²) in [4.78, 5) is 21.5. The topological polar surface area (TPSA) is 46.2 Å². The van der Waals surface area contributed by atoms with Gasteiger partial charge in [0, 0.05) is 6.42 Å². The number of halogens is 1. The van der Waals surface area contributed by atoms with Gasteiger partial charge in [-0.1, -0.05) is 6.42 Å². The number of nitrogens with one attached hydrogen (secondary N) is 1. The summed E-state index contributed by atoms with van der Waals surface area (Å²) < 4.78 is 0. The van der Waals surface area contributed by atoms with E-state index in [-0.39, 0.29) is 5.91 Å². The minimum Gasteiger partial charge on any atom is -0.345 e. The molecule has 1 N–H and O–H groups in total. The van der Waals surface area contributed by atoms with Gasteiger partial charge in [0.25, 0.3) is 0 Å². The zero-order valence-electron chi connectivity index (χ0n) is 6.10. The molecule has 0 spiro atoms. The van der Waals surface area contributed by atoms with Gasteiger partial charge in [0.15, 0.2) is 0 Å². The fourth-order valence-electron chi connectivity index (χ4n) is 1.14. The van der Waals surface area contributed by atoms with E-state index < -0.39 is 11.3 Å². The lowest BCUT2D eigenvalue weighted by Crippen LogP contribution is -2.36. The highest BCUT2D eigenvalue weighted by atomic mass is 35.5. The second-order valence-corrected chi connectivity index (χ2v) is 3.04. The summed E-state index contributed by atoms with van der Waals surface area (Å²) in [6.45, 7) is 0. The van der Waals surface area contributed by atoms with Gasteiger partial charge in [-0.3, -0.25) is 9.59 Å². The third kappa shape index (κ3) is 2.50. The molecule has 1 unspecified atom stereocenters. The van der Waals surface area contributed by atoms with E-state index >= 15 is 0 Å². The van der Waals surface area contributed by atoms with Crippen molar-refractivity contribution in [3.8, 4) is 0 Å². The molecule has 1 atom stereocenters. The Morgan fingerprint density at radius 3 is 2.91 bits per heavy atom. The van der Waals surface area contributed by atoms with Crippen LogP contribution in [0.1, 0.15) is 25.7 Å². The number of carbonyl (C=O) groups excluding carboxylic acids is 2. The maximum atomic E-state index is 10.9. The van der Waals surface area contributed by atoms with Gasteiger partial charge in [-0.2, -0.15) is 0 Å². The summed E-state index contributed by atoms with van der Waals surface area (Å²) in [5, 5.41) is 2.10. The molecule has 4 heteroatoms. The fourth-order valence-corrected chi connectivity index (χ4v) is 1.31. The summed E-state index contributed by atoms with van der Waals surface area (Å²) >= 11 is 5.24. The van der Waals surface area contributed by atoms with Crippen molar-refractivity contribution in [2.45, 2.75) is 31.7 Å². The first-order chi connectivity index (χ1) is 5.20. The SMILES string of the molecule is O=C1CCCCC(C(=O)Cl)N1. The molecular weight excluding hydrogens is 166 g/mol. The minimum atomic E-state index is -0.458. The van der Waals surface area contributed by atoms with Crippen LogP contribution in [0.25, 0.3) is 0 Å². The van der Waals surface area contributed by atoms with Gasteiger partial charge in [0.2, 0.25) is 11.1 Å². The maximum Gasteiger partial charge on any atom is 0.243 e. The average molecular weight is 176 g/mol. The van der Waals surface area contributed by atoms with Crippen molar-refractivity contribution in [1.82, 2.24) is 5.32 Å². The van der Waals surface area contributed by atoms with Gasteiger partial charge in [-0.25, -0.2) is 0 Å². The Bertz CT molecular complexity index is 181. The van der Waals surface area contributed by atoms with E-state index in [1.807, 2.05) is 0 Å². The molecule has 1 fully saturated rings. The van der Waals surface area contributed by atoms with Crippen LogP contribution < -0.4 is 5.32 Å². The fraction of sp³-hybridized carbons (Fsp3) is 0.714. The van der Waals surface area contributed by atoms with Crippen LogP contribution in [0.2, 0.25) is 0 Å². The molecule has 62 valence electrons. The third-order valence-corrected chi connectivity index (χ3v) is 2.02.